The van der Waals surface area contributed by atoms with Crippen molar-refractivity contribution >= 4 is 17.2 Å². The summed E-state index contributed by atoms with van der Waals surface area (Å²) in [6, 6.07) is 7.58. The monoisotopic (exact) mass is 343 g/mol. The van der Waals surface area contributed by atoms with Gasteiger partial charge in [0.05, 0.1) is 19.0 Å². The Kier molecular flexibility index (Phi) is 4.61. The van der Waals surface area contributed by atoms with Crippen LogP contribution >= 0.6 is 11.3 Å². The zero-order chi connectivity index (χ0) is 17.1. The van der Waals surface area contributed by atoms with Crippen molar-refractivity contribution in [3.63, 3.8) is 0 Å². The summed E-state index contributed by atoms with van der Waals surface area (Å²) < 4.78 is 10.2. The van der Waals surface area contributed by atoms with Gasteiger partial charge < -0.3 is 14.6 Å². The normalized spacial score (nSPS) is 10.6. The van der Waals surface area contributed by atoms with E-state index in [2.05, 4.69) is 15.5 Å². The van der Waals surface area contributed by atoms with Crippen molar-refractivity contribution in [2.75, 3.05) is 7.11 Å². The molecule has 3 aromatic rings. The molecule has 7 heteroatoms. The molecule has 1 N–H and O–H groups in total. The van der Waals surface area contributed by atoms with Gasteiger partial charge in [-0.05, 0) is 38.1 Å². The summed E-state index contributed by atoms with van der Waals surface area (Å²) in [5.74, 6) is 1.34. The van der Waals surface area contributed by atoms with E-state index in [0.717, 1.165) is 33.3 Å². The van der Waals surface area contributed by atoms with E-state index in [1.807, 2.05) is 38.1 Å². The number of carbonyl (C=O) groups excluding carboxylic acids is 1. The molecule has 2 heterocycles. The number of hydrogen-bond donors (Lipinski definition) is 1. The number of nitrogens with one attached hydrogen (secondary N) is 1. The lowest BCUT2D eigenvalue weighted by molar-refractivity contribution is 0.0954. The van der Waals surface area contributed by atoms with Gasteiger partial charge >= 0.3 is 0 Å². The highest BCUT2D eigenvalue weighted by molar-refractivity contribution is 7.16. The first-order chi connectivity index (χ1) is 11.6. The number of methoxy groups -OCH3 is 1. The fourth-order valence-corrected chi connectivity index (χ4v) is 3.09. The van der Waals surface area contributed by atoms with Crippen LogP contribution in [0.25, 0.3) is 10.6 Å². The molecule has 3 rings (SSSR count). The van der Waals surface area contributed by atoms with Crippen LogP contribution in [0, 0.1) is 13.8 Å². The number of benzene rings is 1. The smallest absolute Gasteiger partial charge is 0.263 e. The molecular weight excluding hydrogens is 326 g/mol. The van der Waals surface area contributed by atoms with Gasteiger partial charge in [-0.1, -0.05) is 5.16 Å². The van der Waals surface area contributed by atoms with Gasteiger partial charge in [0.2, 0.25) is 0 Å². The number of thiazole rings is 1. The highest BCUT2D eigenvalue weighted by Crippen LogP contribution is 2.26. The predicted molar refractivity (Wildman–Crippen MR) is 91.2 cm³/mol. The van der Waals surface area contributed by atoms with Gasteiger partial charge in [0.15, 0.2) is 0 Å². The summed E-state index contributed by atoms with van der Waals surface area (Å²) in [6.07, 6.45) is 1.59. The van der Waals surface area contributed by atoms with Gasteiger partial charge in [-0.3, -0.25) is 4.79 Å². The molecule has 0 unspecified atom stereocenters. The molecule has 2 aromatic heterocycles. The number of aryl methyl sites for hydroxylation is 2. The second-order valence-corrected chi connectivity index (χ2v) is 6.27. The van der Waals surface area contributed by atoms with E-state index in [9.17, 15) is 4.79 Å². The van der Waals surface area contributed by atoms with Crippen molar-refractivity contribution in [3.8, 4) is 16.3 Å². The quantitative estimate of drug-likeness (QED) is 0.769. The Hall–Kier alpha value is -2.67. The van der Waals surface area contributed by atoms with Gasteiger partial charge in [0.1, 0.15) is 21.4 Å². The largest absolute Gasteiger partial charge is 0.497 e. The summed E-state index contributed by atoms with van der Waals surface area (Å²) in [5, 5.41) is 7.55. The number of rotatable bonds is 5. The summed E-state index contributed by atoms with van der Waals surface area (Å²) >= 11 is 1.35. The third-order valence-corrected chi connectivity index (χ3v) is 4.72. The average Bonchev–Trinajstić information content (AvgIpc) is 3.21. The van der Waals surface area contributed by atoms with Gasteiger partial charge in [0, 0.05) is 17.7 Å². The first-order valence-corrected chi connectivity index (χ1v) is 8.20. The van der Waals surface area contributed by atoms with Gasteiger partial charge in [0.25, 0.3) is 5.91 Å². The maximum atomic E-state index is 12.3. The molecule has 0 aliphatic heterocycles. The van der Waals surface area contributed by atoms with Crippen LogP contribution < -0.4 is 10.1 Å². The Balaban J connectivity index is 1.69. The first-order valence-electron chi connectivity index (χ1n) is 7.38. The molecule has 0 bridgehead atoms. The van der Waals surface area contributed by atoms with Gasteiger partial charge in [-0.25, -0.2) is 4.98 Å². The molecule has 6 nitrogen and oxygen atoms in total. The fourth-order valence-electron chi connectivity index (χ4n) is 2.26. The second kappa shape index (κ2) is 6.84. The molecular formula is C17H17N3O3S. The molecule has 24 heavy (non-hydrogen) atoms. The van der Waals surface area contributed by atoms with Crippen molar-refractivity contribution in [1.82, 2.24) is 15.5 Å². The van der Waals surface area contributed by atoms with Crippen molar-refractivity contribution in [3.05, 3.63) is 52.4 Å². The topological polar surface area (TPSA) is 77.2 Å². The minimum absolute atomic E-state index is 0.160. The number of carbonyl (C=O) groups is 1. The molecule has 1 amide bonds. The van der Waals surface area contributed by atoms with E-state index in [4.69, 9.17) is 9.26 Å². The highest BCUT2D eigenvalue weighted by atomic mass is 32.1. The second-order valence-electron chi connectivity index (χ2n) is 5.24. The van der Waals surface area contributed by atoms with Crippen molar-refractivity contribution in [2.45, 2.75) is 20.4 Å². The summed E-state index contributed by atoms with van der Waals surface area (Å²) in [6.45, 7) is 4.07. The third-order valence-electron chi connectivity index (χ3n) is 3.67. The van der Waals surface area contributed by atoms with Crippen LogP contribution in [-0.2, 0) is 6.54 Å². The molecule has 0 fully saturated rings. The SMILES string of the molecule is COc1ccc(-c2ncc(C(=O)NCc3c(C)noc3C)s2)cc1. The van der Waals surface area contributed by atoms with Crippen LogP contribution in [-0.4, -0.2) is 23.2 Å². The van der Waals surface area contributed by atoms with E-state index in [1.165, 1.54) is 11.3 Å². The molecule has 0 atom stereocenters. The van der Waals surface area contributed by atoms with Crippen LogP contribution in [0.5, 0.6) is 5.75 Å². The number of aromatic nitrogens is 2. The number of ether oxygens (including phenoxy) is 1. The molecule has 0 saturated heterocycles. The van der Waals surface area contributed by atoms with E-state index in [-0.39, 0.29) is 5.91 Å². The molecule has 0 aliphatic rings. The fraction of sp³-hybridized carbons (Fsp3) is 0.235. The van der Waals surface area contributed by atoms with Crippen molar-refractivity contribution in [2.24, 2.45) is 0 Å². The third kappa shape index (κ3) is 3.30. The molecule has 0 aliphatic carbocycles. The molecule has 0 spiro atoms. The van der Waals surface area contributed by atoms with Crippen molar-refractivity contribution < 1.29 is 14.1 Å². The van der Waals surface area contributed by atoms with E-state index < -0.39 is 0 Å². The Morgan fingerprint density at radius 3 is 2.67 bits per heavy atom. The number of amides is 1. The minimum Gasteiger partial charge on any atom is -0.497 e. The van der Waals surface area contributed by atoms with Crippen LogP contribution in [0.2, 0.25) is 0 Å². The van der Waals surface area contributed by atoms with E-state index in [0.29, 0.717) is 11.4 Å². The van der Waals surface area contributed by atoms with Gasteiger partial charge in [-0.2, -0.15) is 0 Å². The molecule has 0 radical (unpaired) electrons. The van der Waals surface area contributed by atoms with E-state index in [1.54, 1.807) is 13.3 Å². The van der Waals surface area contributed by atoms with Crippen LogP contribution in [0.3, 0.4) is 0 Å². The zero-order valence-electron chi connectivity index (χ0n) is 13.6. The lowest BCUT2D eigenvalue weighted by atomic mass is 10.2. The number of hydrogen-bond acceptors (Lipinski definition) is 6. The maximum Gasteiger partial charge on any atom is 0.263 e. The molecule has 1 aromatic carbocycles. The lowest BCUT2D eigenvalue weighted by Crippen LogP contribution is -2.22. The Morgan fingerprint density at radius 2 is 2.04 bits per heavy atom. The summed E-state index contributed by atoms with van der Waals surface area (Å²) in [7, 11) is 1.62. The van der Waals surface area contributed by atoms with Crippen LogP contribution in [0.1, 0.15) is 26.7 Å². The lowest BCUT2D eigenvalue weighted by Gasteiger charge is -2.02. The first kappa shape index (κ1) is 16.2. The minimum atomic E-state index is -0.160. The summed E-state index contributed by atoms with van der Waals surface area (Å²) in [4.78, 5) is 17.2. The van der Waals surface area contributed by atoms with Crippen LogP contribution in [0.15, 0.2) is 35.0 Å². The Morgan fingerprint density at radius 1 is 1.29 bits per heavy atom. The molecule has 124 valence electrons. The average molecular weight is 343 g/mol. The Bertz CT molecular complexity index is 833. The summed E-state index contributed by atoms with van der Waals surface area (Å²) in [5.41, 5.74) is 2.64. The predicted octanol–water partition coefficient (Wildman–Crippen LogP) is 3.35. The molecule has 0 saturated carbocycles. The number of nitrogens with zero attached hydrogens (tertiary/aromatic N) is 2. The zero-order valence-corrected chi connectivity index (χ0v) is 14.4. The Labute approximate surface area is 143 Å². The highest BCUT2D eigenvalue weighted by Gasteiger charge is 2.14. The van der Waals surface area contributed by atoms with Crippen molar-refractivity contribution in [1.29, 1.82) is 0 Å². The maximum absolute atomic E-state index is 12.3. The standard InChI is InChI=1S/C17H17N3O3S/c1-10-14(11(2)23-20-10)8-18-16(21)15-9-19-17(24-15)12-4-6-13(22-3)7-5-12/h4-7,9H,8H2,1-3H3,(H,18,21). The van der Waals surface area contributed by atoms with E-state index >= 15 is 0 Å². The van der Waals surface area contributed by atoms with Gasteiger partial charge in [-0.15, -0.1) is 11.3 Å². The van der Waals surface area contributed by atoms with Crippen LogP contribution in [0.4, 0.5) is 0 Å².